The lowest BCUT2D eigenvalue weighted by Gasteiger charge is -2.23. The van der Waals surface area contributed by atoms with Crippen molar-refractivity contribution in [3.8, 4) is 5.75 Å². The van der Waals surface area contributed by atoms with Gasteiger partial charge >= 0.3 is 0 Å². The highest BCUT2D eigenvalue weighted by Gasteiger charge is 2.23. The molecule has 5 nitrogen and oxygen atoms in total. The molecule has 2 aromatic rings. The van der Waals surface area contributed by atoms with E-state index in [1.807, 2.05) is 43.3 Å². The quantitative estimate of drug-likeness (QED) is 0.788. The molecule has 0 spiro atoms. The Balaban J connectivity index is 1.72. The van der Waals surface area contributed by atoms with Crippen LogP contribution in [0.3, 0.4) is 0 Å². The number of hydrogen-bond acceptors (Lipinski definition) is 4. The van der Waals surface area contributed by atoms with Gasteiger partial charge in [-0.25, -0.2) is 0 Å². The van der Waals surface area contributed by atoms with E-state index in [0.29, 0.717) is 11.4 Å². The van der Waals surface area contributed by atoms with Crippen LogP contribution in [0.1, 0.15) is 45.8 Å². The van der Waals surface area contributed by atoms with E-state index in [-0.39, 0.29) is 24.4 Å². The number of methoxy groups -OCH3 is 1. The molecule has 1 N–H and O–H groups in total. The Hall–Kier alpha value is -2.34. The Morgan fingerprint density at radius 3 is 2.44 bits per heavy atom. The molecule has 2 amide bonds. The Bertz CT molecular complexity index is 779. The van der Waals surface area contributed by atoms with Crippen LogP contribution >= 0.6 is 11.3 Å². The molecular formula is C21H26N2O3S. The van der Waals surface area contributed by atoms with E-state index >= 15 is 0 Å². The first-order valence-electron chi connectivity index (χ1n) is 9.33. The van der Waals surface area contributed by atoms with Crippen molar-refractivity contribution in [2.24, 2.45) is 0 Å². The molecule has 1 heterocycles. The molecule has 6 heteroatoms. The van der Waals surface area contributed by atoms with Crippen molar-refractivity contribution in [1.29, 1.82) is 0 Å². The zero-order valence-electron chi connectivity index (χ0n) is 15.9. The fourth-order valence-corrected chi connectivity index (χ4v) is 4.21. The molecule has 1 aromatic heterocycles. The largest absolute Gasteiger partial charge is 0.497 e. The first-order chi connectivity index (χ1) is 13.0. The standard InChI is InChI=1S/C21H26N2O3S/c1-15-7-12-19(27-15)21(25)23(13-16-8-10-18(26-2)11-9-16)14-20(24)22-17-5-3-4-6-17/h7-12,17H,3-6,13-14H2,1-2H3,(H,22,24). The minimum absolute atomic E-state index is 0.0678. The van der Waals surface area contributed by atoms with E-state index in [4.69, 9.17) is 4.74 Å². The summed E-state index contributed by atoms with van der Waals surface area (Å²) in [6, 6.07) is 11.6. The van der Waals surface area contributed by atoms with Crippen molar-refractivity contribution in [2.45, 2.75) is 45.2 Å². The summed E-state index contributed by atoms with van der Waals surface area (Å²) in [6.45, 7) is 2.43. The second-order valence-electron chi connectivity index (χ2n) is 6.97. The maximum Gasteiger partial charge on any atom is 0.264 e. The summed E-state index contributed by atoms with van der Waals surface area (Å²) < 4.78 is 5.19. The summed E-state index contributed by atoms with van der Waals surface area (Å²) in [5.41, 5.74) is 0.964. The van der Waals surface area contributed by atoms with Gasteiger partial charge in [0.2, 0.25) is 5.91 Å². The zero-order chi connectivity index (χ0) is 19.2. The van der Waals surface area contributed by atoms with Crippen LogP contribution in [-0.4, -0.2) is 36.4 Å². The van der Waals surface area contributed by atoms with Crippen LogP contribution in [-0.2, 0) is 11.3 Å². The van der Waals surface area contributed by atoms with E-state index in [2.05, 4.69) is 5.32 Å². The topological polar surface area (TPSA) is 58.6 Å². The van der Waals surface area contributed by atoms with Gasteiger partial charge in [-0.3, -0.25) is 9.59 Å². The Morgan fingerprint density at radius 1 is 1.15 bits per heavy atom. The zero-order valence-corrected chi connectivity index (χ0v) is 16.7. The first-order valence-corrected chi connectivity index (χ1v) is 10.1. The summed E-state index contributed by atoms with van der Waals surface area (Å²) in [6.07, 6.45) is 4.38. The van der Waals surface area contributed by atoms with Crippen LogP contribution in [0.25, 0.3) is 0 Å². The summed E-state index contributed by atoms with van der Waals surface area (Å²) >= 11 is 1.46. The first kappa shape index (κ1) is 19.4. The molecule has 1 aliphatic carbocycles. The molecule has 1 fully saturated rings. The van der Waals surface area contributed by atoms with Crippen LogP contribution in [0.15, 0.2) is 36.4 Å². The van der Waals surface area contributed by atoms with E-state index in [0.717, 1.165) is 41.9 Å². The van der Waals surface area contributed by atoms with E-state index in [9.17, 15) is 9.59 Å². The van der Waals surface area contributed by atoms with Gasteiger partial charge in [-0.15, -0.1) is 11.3 Å². The second kappa shape index (κ2) is 9.04. The number of hydrogen-bond donors (Lipinski definition) is 1. The number of carbonyl (C=O) groups is 2. The minimum atomic E-state index is -0.106. The highest BCUT2D eigenvalue weighted by Crippen LogP contribution is 2.20. The summed E-state index contributed by atoms with van der Waals surface area (Å²) in [5, 5.41) is 3.08. The number of rotatable bonds is 7. The van der Waals surface area contributed by atoms with E-state index in [1.54, 1.807) is 12.0 Å². The number of aryl methyl sites for hydroxylation is 1. The second-order valence-corrected chi connectivity index (χ2v) is 8.26. The highest BCUT2D eigenvalue weighted by molar-refractivity contribution is 7.13. The summed E-state index contributed by atoms with van der Waals surface area (Å²) in [4.78, 5) is 28.9. The Labute approximate surface area is 164 Å². The van der Waals surface area contributed by atoms with Crippen LogP contribution in [0.5, 0.6) is 5.75 Å². The molecule has 1 aromatic carbocycles. The normalized spacial score (nSPS) is 14.1. The number of nitrogens with zero attached hydrogens (tertiary/aromatic N) is 1. The predicted molar refractivity (Wildman–Crippen MR) is 107 cm³/mol. The van der Waals surface area contributed by atoms with Gasteiger partial charge in [-0.05, 0) is 49.6 Å². The third-order valence-corrected chi connectivity index (χ3v) is 5.81. The average Bonchev–Trinajstić information content (AvgIpc) is 3.33. The summed E-state index contributed by atoms with van der Waals surface area (Å²) in [7, 11) is 1.62. The molecule has 1 aliphatic rings. The van der Waals surface area contributed by atoms with Gasteiger partial charge in [0.25, 0.3) is 5.91 Å². The maximum absolute atomic E-state index is 13.0. The van der Waals surface area contributed by atoms with Gasteiger partial charge in [0.15, 0.2) is 0 Å². The van der Waals surface area contributed by atoms with Crippen molar-refractivity contribution in [3.63, 3.8) is 0 Å². The molecule has 0 radical (unpaired) electrons. The fourth-order valence-electron chi connectivity index (χ4n) is 3.37. The number of ether oxygens (including phenoxy) is 1. The molecule has 0 saturated heterocycles. The van der Waals surface area contributed by atoms with E-state index in [1.165, 1.54) is 11.3 Å². The van der Waals surface area contributed by atoms with Crippen molar-refractivity contribution >= 4 is 23.2 Å². The van der Waals surface area contributed by atoms with Crippen molar-refractivity contribution in [3.05, 3.63) is 51.7 Å². The average molecular weight is 387 g/mol. The molecule has 0 aliphatic heterocycles. The highest BCUT2D eigenvalue weighted by atomic mass is 32.1. The van der Waals surface area contributed by atoms with Gasteiger partial charge in [0.1, 0.15) is 12.3 Å². The molecule has 1 saturated carbocycles. The third kappa shape index (κ3) is 5.32. The van der Waals surface area contributed by atoms with Crippen molar-refractivity contribution < 1.29 is 14.3 Å². The maximum atomic E-state index is 13.0. The van der Waals surface area contributed by atoms with Gasteiger partial charge in [-0.1, -0.05) is 25.0 Å². The predicted octanol–water partition coefficient (Wildman–Crippen LogP) is 3.77. The van der Waals surface area contributed by atoms with Crippen LogP contribution in [0.4, 0.5) is 0 Å². The molecule has 0 unspecified atom stereocenters. The molecule has 0 atom stereocenters. The number of benzene rings is 1. The number of carbonyl (C=O) groups excluding carboxylic acids is 2. The van der Waals surface area contributed by atoms with Gasteiger partial charge in [0, 0.05) is 17.5 Å². The minimum Gasteiger partial charge on any atom is -0.497 e. The Kier molecular flexibility index (Phi) is 6.50. The van der Waals surface area contributed by atoms with Crippen LogP contribution in [0.2, 0.25) is 0 Å². The lowest BCUT2D eigenvalue weighted by Crippen LogP contribution is -2.43. The molecule has 3 rings (SSSR count). The lowest BCUT2D eigenvalue weighted by atomic mass is 10.2. The van der Waals surface area contributed by atoms with Gasteiger partial charge < -0.3 is 15.0 Å². The third-order valence-electron chi connectivity index (χ3n) is 4.83. The number of nitrogens with one attached hydrogen (secondary N) is 1. The summed E-state index contributed by atoms with van der Waals surface area (Å²) in [5.74, 6) is 0.576. The number of thiophene rings is 1. The van der Waals surface area contributed by atoms with Crippen LogP contribution in [0, 0.1) is 6.92 Å². The number of amides is 2. The molecule has 27 heavy (non-hydrogen) atoms. The fraction of sp³-hybridized carbons (Fsp3) is 0.429. The van der Waals surface area contributed by atoms with Gasteiger partial charge in [0.05, 0.1) is 12.0 Å². The lowest BCUT2D eigenvalue weighted by molar-refractivity contribution is -0.122. The molecular weight excluding hydrogens is 360 g/mol. The van der Waals surface area contributed by atoms with Gasteiger partial charge in [-0.2, -0.15) is 0 Å². The SMILES string of the molecule is COc1ccc(CN(CC(=O)NC2CCCC2)C(=O)c2ccc(C)s2)cc1. The van der Waals surface area contributed by atoms with Crippen LogP contribution < -0.4 is 10.1 Å². The Morgan fingerprint density at radius 2 is 1.85 bits per heavy atom. The monoisotopic (exact) mass is 386 g/mol. The smallest absolute Gasteiger partial charge is 0.264 e. The van der Waals surface area contributed by atoms with Crippen molar-refractivity contribution in [1.82, 2.24) is 10.2 Å². The van der Waals surface area contributed by atoms with Crippen molar-refractivity contribution in [2.75, 3.05) is 13.7 Å². The molecule has 0 bridgehead atoms. The van der Waals surface area contributed by atoms with E-state index < -0.39 is 0 Å². The molecule has 144 valence electrons.